The summed E-state index contributed by atoms with van der Waals surface area (Å²) < 4.78 is 0. The van der Waals surface area contributed by atoms with Crippen molar-refractivity contribution >= 4 is 17.8 Å². The maximum Gasteiger partial charge on any atom is 0.308 e. The summed E-state index contributed by atoms with van der Waals surface area (Å²) in [7, 11) is 0. The highest BCUT2D eigenvalue weighted by atomic mass is 16.4. The van der Waals surface area contributed by atoms with Gasteiger partial charge in [-0.25, -0.2) is 0 Å². The Labute approximate surface area is 159 Å². The van der Waals surface area contributed by atoms with Gasteiger partial charge in [-0.15, -0.1) is 0 Å². The van der Waals surface area contributed by atoms with E-state index < -0.39 is 11.9 Å². The number of nitrogens with zero attached hydrogens (tertiary/aromatic N) is 1. The van der Waals surface area contributed by atoms with Crippen LogP contribution in [0, 0.1) is 25.7 Å². The lowest BCUT2D eigenvalue weighted by molar-refractivity contribution is -0.142. The number of aliphatic carboxylic acids is 1. The van der Waals surface area contributed by atoms with Crippen molar-refractivity contribution in [2.45, 2.75) is 52.0 Å². The molecule has 1 saturated heterocycles. The van der Waals surface area contributed by atoms with E-state index in [0.29, 0.717) is 31.5 Å². The molecule has 1 aliphatic heterocycles. The molecule has 6 nitrogen and oxygen atoms in total. The van der Waals surface area contributed by atoms with Crippen molar-refractivity contribution in [2.24, 2.45) is 11.8 Å². The third kappa shape index (κ3) is 4.49. The highest BCUT2D eigenvalue weighted by Gasteiger charge is 2.36. The first-order valence-electron chi connectivity index (χ1n) is 9.76. The Morgan fingerprint density at radius 1 is 1.04 bits per heavy atom. The topological polar surface area (TPSA) is 86.7 Å². The fourth-order valence-electron chi connectivity index (χ4n) is 4.39. The number of likely N-dealkylation sites (tertiary alicyclic amines) is 1. The summed E-state index contributed by atoms with van der Waals surface area (Å²) in [6.45, 7) is 4.98. The molecule has 1 aliphatic carbocycles. The number of benzene rings is 1. The van der Waals surface area contributed by atoms with Crippen molar-refractivity contribution in [2.75, 3.05) is 13.1 Å². The molecule has 1 aromatic rings. The molecule has 0 bridgehead atoms. The van der Waals surface area contributed by atoms with E-state index >= 15 is 0 Å². The largest absolute Gasteiger partial charge is 0.481 e. The third-order valence-corrected chi connectivity index (χ3v) is 5.71. The summed E-state index contributed by atoms with van der Waals surface area (Å²) in [6.07, 6.45) is 3.65. The second-order valence-electron chi connectivity index (χ2n) is 7.96. The number of carbonyl (C=O) groups excluding carboxylic acids is 2. The van der Waals surface area contributed by atoms with E-state index in [0.717, 1.165) is 30.4 Å². The Hall–Kier alpha value is -2.37. The second-order valence-corrected chi connectivity index (χ2v) is 7.96. The van der Waals surface area contributed by atoms with Gasteiger partial charge in [0.15, 0.2) is 0 Å². The minimum absolute atomic E-state index is 0.0384. The molecule has 3 rings (SSSR count). The average Bonchev–Trinajstić information content (AvgIpc) is 3.08. The van der Waals surface area contributed by atoms with E-state index in [-0.39, 0.29) is 23.8 Å². The van der Waals surface area contributed by atoms with Crippen molar-refractivity contribution in [3.05, 3.63) is 34.9 Å². The lowest BCUT2D eigenvalue weighted by Gasteiger charge is -2.33. The lowest BCUT2D eigenvalue weighted by Crippen LogP contribution is -2.49. The predicted molar refractivity (Wildman–Crippen MR) is 101 cm³/mol. The summed E-state index contributed by atoms with van der Waals surface area (Å²) in [5.41, 5.74) is 2.76. The summed E-state index contributed by atoms with van der Waals surface area (Å²) in [5.74, 6) is -1.77. The number of amides is 2. The van der Waals surface area contributed by atoms with Crippen molar-refractivity contribution in [3.8, 4) is 0 Å². The fraction of sp³-hybridized carbons (Fsp3) is 0.571. The average molecular weight is 372 g/mol. The van der Waals surface area contributed by atoms with Crippen LogP contribution in [0.25, 0.3) is 0 Å². The van der Waals surface area contributed by atoms with Crippen LogP contribution in [0.1, 0.15) is 53.6 Å². The van der Waals surface area contributed by atoms with E-state index in [1.165, 1.54) is 0 Å². The van der Waals surface area contributed by atoms with E-state index in [2.05, 4.69) is 5.32 Å². The number of carbonyl (C=O) groups is 3. The summed E-state index contributed by atoms with van der Waals surface area (Å²) in [5, 5.41) is 12.2. The molecule has 27 heavy (non-hydrogen) atoms. The molecule has 0 aromatic heterocycles. The molecular weight excluding hydrogens is 344 g/mol. The van der Waals surface area contributed by atoms with Gasteiger partial charge in [-0.05, 0) is 51.7 Å². The molecule has 146 valence electrons. The fourth-order valence-corrected chi connectivity index (χ4v) is 4.39. The molecule has 2 N–H and O–H groups in total. The van der Waals surface area contributed by atoms with Crippen molar-refractivity contribution < 1.29 is 19.5 Å². The molecular formula is C21H28N2O4. The molecule has 1 aromatic carbocycles. The molecule has 2 fully saturated rings. The minimum atomic E-state index is -0.840. The van der Waals surface area contributed by atoms with Gasteiger partial charge in [0.1, 0.15) is 0 Å². The molecule has 0 radical (unpaired) electrons. The number of rotatable bonds is 4. The van der Waals surface area contributed by atoms with Gasteiger partial charge in [0.05, 0.1) is 11.8 Å². The molecule has 1 unspecified atom stereocenters. The van der Waals surface area contributed by atoms with Crippen LogP contribution in [0.5, 0.6) is 0 Å². The van der Waals surface area contributed by atoms with Gasteiger partial charge < -0.3 is 15.3 Å². The maximum atomic E-state index is 12.9. The number of aryl methyl sites for hydroxylation is 2. The van der Waals surface area contributed by atoms with Gasteiger partial charge in [-0.3, -0.25) is 14.4 Å². The Morgan fingerprint density at radius 3 is 2.41 bits per heavy atom. The Morgan fingerprint density at radius 2 is 1.74 bits per heavy atom. The lowest BCUT2D eigenvalue weighted by atomic mass is 9.95. The minimum Gasteiger partial charge on any atom is -0.481 e. The van der Waals surface area contributed by atoms with Gasteiger partial charge in [0.25, 0.3) is 5.91 Å². The van der Waals surface area contributed by atoms with Crippen LogP contribution in [0.3, 0.4) is 0 Å². The smallest absolute Gasteiger partial charge is 0.308 e. The summed E-state index contributed by atoms with van der Waals surface area (Å²) >= 11 is 0. The quantitative estimate of drug-likeness (QED) is 0.850. The first kappa shape index (κ1) is 19.4. The SMILES string of the molecule is Cc1cc(C)cc(C(=O)N2CCCC(C(=O)N[C@@H]3CCC[C@@H]3C(=O)O)C2)c1. The number of carboxylic acids is 1. The summed E-state index contributed by atoms with van der Waals surface area (Å²) in [4.78, 5) is 38.6. The van der Waals surface area contributed by atoms with Gasteiger partial charge >= 0.3 is 5.97 Å². The molecule has 2 amide bonds. The van der Waals surface area contributed by atoms with Crippen LogP contribution >= 0.6 is 0 Å². The van der Waals surface area contributed by atoms with Crippen LogP contribution in [0.2, 0.25) is 0 Å². The monoisotopic (exact) mass is 372 g/mol. The van der Waals surface area contributed by atoms with E-state index in [9.17, 15) is 19.5 Å². The van der Waals surface area contributed by atoms with Gasteiger partial charge in [-0.1, -0.05) is 23.6 Å². The molecule has 0 spiro atoms. The van der Waals surface area contributed by atoms with Crippen LogP contribution in [0.15, 0.2) is 18.2 Å². The highest BCUT2D eigenvalue weighted by molar-refractivity contribution is 5.95. The Kier molecular flexibility index (Phi) is 5.82. The van der Waals surface area contributed by atoms with Crippen LogP contribution < -0.4 is 5.32 Å². The van der Waals surface area contributed by atoms with E-state index in [1.807, 2.05) is 32.0 Å². The number of hydrogen-bond donors (Lipinski definition) is 2. The highest BCUT2D eigenvalue weighted by Crippen LogP contribution is 2.27. The number of piperidine rings is 1. The van der Waals surface area contributed by atoms with Crippen LogP contribution in [-0.4, -0.2) is 46.9 Å². The van der Waals surface area contributed by atoms with Crippen molar-refractivity contribution in [3.63, 3.8) is 0 Å². The maximum absolute atomic E-state index is 12.9. The molecule has 6 heteroatoms. The molecule has 2 aliphatic rings. The zero-order valence-corrected chi connectivity index (χ0v) is 16.0. The zero-order valence-electron chi connectivity index (χ0n) is 16.0. The molecule has 3 atom stereocenters. The normalized spacial score (nSPS) is 25.3. The van der Waals surface area contributed by atoms with Crippen LogP contribution in [-0.2, 0) is 9.59 Å². The van der Waals surface area contributed by atoms with Gasteiger partial charge in [-0.2, -0.15) is 0 Å². The summed E-state index contributed by atoms with van der Waals surface area (Å²) in [6, 6.07) is 5.51. The number of hydrogen-bond acceptors (Lipinski definition) is 3. The van der Waals surface area contributed by atoms with Crippen molar-refractivity contribution in [1.29, 1.82) is 0 Å². The van der Waals surface area contributed by atoms with Gasteiger partial charge in [0, 0.05) is 24.7 Å². The van der Waals surface area contributed by atoms with E-state index in [4.69, 9.17) is 0 Å². The Bertz CT molecular complexity index is 725. The second kappa shape index (κ2) is 8.11. The first-order chi connectivity index (χ1) is 12.8. The number of nitrogens with one attached hydrogen (secondary N) is 1. The van der Waals surface area contributed by atoms with Gasteiger partial charge in [0.2, 0.25) is 5.91 Å². The Balaban J connectivity index is 1.64. The van der Waals surface area contributed by atoms with E-state index in [1.54, 1.807) is 4.90 Å². The molecule has 1 saturated carbocycles. The van der Waals surface area contributed by atoms with Crippen molar-refractivity contribution in [1.82, 2.24) is 10.2 Å². The molecule has 1 heterocycles. The zero-order chi connectivity index (χ0) is 19.6. The first-order valence-corrected chi connectivity index (χ1v) is 9.76. The standard InChI is InChI=1S/C21H28N2O4/c1-13-9-14(2)11-16(10-13)20(25)23-8-4-5-15(12-23)19(24)22-18-7-3-6-17(18)21(26)27/h9-11,15,17-18H,3-8,12H2,1-2H3,(H,22,24)(H,26,27)/t15?,17-,18+/m0/s1. The predicted octanol–water partition coefficient (Wildman–Crippen LogP) is 2.53. The third-order valence-electron chi connectivity index (χ3n) is 5.71. The number of carboxylic acid groups (broad SMARTS) is 1. The van der Waals surface area contributed by atoms with Crippen LogP contribution in [0.4, 0.5) is 0 Å².